The molecule has 108 valence electrons. The summed E-state index contributed by atoms with van der Waals surface area (Å²) in [5.74, 6) is 0.605. The maximum absolute atomic E-state index is 11.9. The Hall–Kier alpha value is -1.37. The van der Waals surface area contributed by atoms with Gasteiger partial charge in [-0.15, -0.1) is 11.3 Å². The molecule has 3 aromatic rings. The normalized spacial score (nSPS) is 11.0. The Labute approximate surface area is 138 Å². The van der Waals surface area contributed by atoms with E-state index in [0.717, 1.165) is 10.0 Å². The Morgan fingerprint density at radius 1 is 1.43 bits per heavy atom. The lowest BCUT2D eigenvalue weighted by atomic mass is 10.2. The molecule has 4 nitrogen and oxygen atoms in total. The average Bonchev–Trinajstić information content (AvgIpc) is 2.86. The Bertz CT molecular complexity index is 852. The van der Waals surface area contributed by atoms with Crippen LogP contribution in [0.25, 0.3) is 4.96 Å². The van der Waals surface area contributed by atoms with E-state index in [1.165, 1.54) is 21.8 Å². The molecule has 0 unspecified atom stereocenters. The predicted octanol–water partition coefficient (Wildman–Crippen LogP) is 4.06. The smallest absolute Gasteiger partial charge is 0.258 e. The number of aryl methyl sites for hydroxylation is 1. The molecule has 0 radical (unpaired) electrons. The zero-order valence-corrected chi connectivity index (χ0v) is 14.1. The van der Waals surface area contributed by atoms with E-state index in [0.29, 0.717) is 21.4 Å². The topological polar surface area (TPSA) is 43.6 Å². The van der Waals surface area contributed by atoms with Crippen molar-refractivity contribution in [3.05, 3.63) is 60.9 Å². The summed E-state index contributed by atoms with van der Waals surface area (Å²) < 4.78 is 8.13. The lowest BCUT2D eigenvalue weighted by Crippen LogP contribution is -2.14. The second kappa shape index (κ2) is 5.79. The van der Waals surface area contributed by atoms with Gasteiger partial charge in [-0.2, -0.15) is 0 Å². The van der Waals surface area contributed by atoms with E-state index in [-0.39, 0.29) is 12.2 Å². The predicted molar refractivity (Wildman–Crippen MR) is 87.6 cm³/mol. The van der Waals surface area contributed by atoms with Crippen LogP contribution in [0.4, 0.5) is 0 Å². The molecule has 2 heterocycles. The third-order valence-electron chi connectivity index (χ3n) is 2.91. The van der Waals surface area contributed by atoms with E-state index in [1.54, 1.807) is 12.3 Å². The molecule has 0 amide bonds. The van der Waals surface area contributed by atoms with Crippen LogP contribution in [-0.4, -0.2) is 9.38 Å². The first-order chi connectivity index (χ1) is 10.0. The van der Waals surface area contributed by atoms with Gasteiger partial charge >= 0.3 is 0 Å². The molecule has 0 spiro atoms. The first-order valence-corrected chi connectivity index (χ1v) is 8.14. The van der Waals surface area contributed by atoms with Crippen molar-refractivity contribution in [3.63, 3.8) is 0 Å². The second-order valence-corrected chi connectivity index (χ2v) is 6.66. The molecule has 3 rings (SSSR count). The first-order valence-electron chi connectivity index (χ1n) is 6.09. The zero-order valence-electron chi connectivity index (χ0n) is 11.0. The molecule has 0 aliphatic carbocycles. The fraction of sp³-hybridized carbons (Fsp3) is 0.143. The first kappa shape index (κ1) is 14.6. The van der Waals surface area contributed by atoms with Crippen LogP contribution in [0.5, 0.6) is 5.75 Å². The van der Waals surface area contributed by atoms with Crippen LogP contribution < -0.4 is 10.3 Å². The van der Waals surface area contributed by atoms with E-state index < -0.39 is 0 Å². The van der Waals surface area contributed by atoms with Gasteiger partial charge in [-0.3, -0.25) is 9.20 Å². The summed E-state index contributed by atoms with van der Waals surface area (Å²) in [5.41, 5.74) is 1.39. The van der Waals surface area contributed by atoms with Crippen molar-refractivity contribution >= 4 is 43.8 Å². The van der Waals surface area contributed by atoms with Crippen LogP contribution in [0.15, 0.2) is 39.0 Å². The number of ether oxygens (including phenoxy) is 1. The minimum absolute atomic E-state index is 0.113. The lowest BCUT2D eigenvalue weighted by molar-refractivity contribution is 0.299. The highest BCUT2D eigenvalue weighted by Gasteiger charge is 2.09. The van der Waals surface area contributed by atoms with Crippen molar-refractivity contribution in [1.82, 2.24) is 9.38 Å². The number of aromatic nitrogens is 2. The highest BCUT2D eigenvalue weighted by atomic mass is 79.9. The summed E-state index contributed by atoms with van der Waals surface area (Å²) in [4.78, 5) is 16.9. The Morgan fingerprint density at radius 3 is 3.00 bits per heavy atom. The third kappa shape index (κ3) is 2.97. The maximum atomic E-state index is 11.9. The zero-order chi connectivity index (χ0) is 15.0. The molecule has 0 saturated heterocycles. The largest absolute Gasteiger partial charge is 0.485 e. The van der Waals surface area contributed by atoms with E-state index >= 15 is 0 Å². The molecule has 2 aromatic heterocycles. The van der Waals surface area contributed by atoms with Gasteiger partial charge in [-0.05, 0) is 24.6 Å². The summed E-state index contributed by atoms with van der Waals surface area (Å²) in [5, 5.41) is 2.35. The molecule has 0 aliphatic rings. The highest BCUT2D eigenvalue weighted by Crippen LogP contribution is 2.32. The molecular formula is C14H10BrClN2O2S. The molecular weight excluding hydrogens is 376 g/mol. The van der Waals surface area contributed by atoms with Gasteiger partial charge in [-0.1, -0.05) is 27.5 Å². The van der Waals surface area contributed by atoms with E-state index in [1.807, 2.05) is 18.4 Å². The Balaban J connectivity index is 1.88. The average molecular weight is 386 g/mol. The molecule has 7 heteroatoms. The van der Waals surface area contributed by atoms with Gasteiger partial charge in [0, 0.05) is 22.1 Å². The summed E-state index contributed by atoms with van der Waals surface area (Å²) in [6, 6.07) is 5.17. The number of rotatable bonds is 3. The number of fused-ring (bicyclic) bond motifs is 1. The number of benzene rings is 1. The third-order valence-corrected chi connectivity index (χ3v) is 4.41. The van der Waals surface area contributed by atoms with E-state index in [9.17, 15) is 4.79 Å². The number of nitrogens with zero attached hydrogens (tertiary/aromatic N) is 2. The molecule has 0 aliphatic heterocycles. The van der Waals surface area contributed by atoms with Crippen LogP contribution >= 0.6 is 38.9 Å². The van der Waals surface area contributed by atoms with Crippen molar-refractivity contribution < 1.29 is 4.74 Å². The van der Waals surface area contributed by atoms with Crippen molar-refractivity contribution in [1.29, 1.82) is 0 Å². The molecule has 21 heavy (non-hydrogen) atoms. The molecule has 0 bridgehead atoms. The molecule has 0 fully saturated rings. The van der Waals surface area contributed by atoms with Crippen LogP contribution in [0.2, 0.25) is 5.02 Å². The van der Waals surface area contributed by atoms with Gasteiger partial charge in [0.1, 0.15) is 12.4 Å². The van der Waals surface area contributed by atoms with Crippen LogP contribution in [0, 0.1) is 6.92 Å². The van der Waals surface area contributed by atoms with Crippen molar-refractivity contribution in [2.45, 2.75) is 13.5 Å². The Morgan fingerprint density at radius 2 is 2.24 bits per heavy atom. The SMILES string of the molecule is Cc1cc(Br)cc(Cl)c1OCc1cc(=O)n2ccsc2n1. The van der Waals surface area contributed by atoms with Gasteiger partial charge in [0.25, 0.3) is 5.56 Å². The fourth-order valence-corrected chi connectivity index (χ4v) is 3.74. The van der Waals surface area contributed by atoms with E-state index in [2.05, 4.69) is 20.9 Å². The van der Waals surface area contributed by atoms with Crippen molar-refractivity contribution in [2.75, 3.05) is 0 Å². The van der Waals surface area contributed by atoms with Crippen LogP contribution in [-0.2, 0) is 6.61 Å². The Kier molecular flexibility index (Phi) is 4.01. The standard InChI is InChI=1S/C14H10BrClN2O2S/c1-8-4-9(15)5-11(16)13(8)20-7-10-6-12(19)18-2-3-21-14(18)17-10/h2-6H,7H2,1H3. The maximum Gasteiger partial charge on any atom is 0.258 e. The summed E-state index contributed by atoms with van der Waals surface area (Å²) in [6.07, 6.45) is 1.70. The molecule has 0 saturated carbocycles. The fourth-order valence-electron chi connectivity index (χ4n) is 1.98. The number of hydrogen-bond acceptors (Lipinski definition) is 4. The van der Waals surface area contributed by atoms with Crippen LogP contribution in [0.1, 0.15) is 11.3 Å². The van der Waals surface area contributed by atoms with Gasteiger partial charge in [0.05, 0.1) is 10.7 Å². The van der Waals surface area contributed by atoms with Gasteiger partial charge < -0.3 is 4.74 Å². The summed E-state index contributed by atoms with van der Waals surface area (Å²) >= 11 is 11.0. The number of thiazole rings is 1. The quantitative estimate of drug-likeness (QED) is 0.683. The van der Waals surface area contributed by atoms with Crippen LogP contribution in [0.3, 0.4) is 0 Å². The number of hydrogen-bond donors (Lipinski definition) is 0. The van der Waals surface area contributed by atoms with Gasteiger partial charge in [0.15, 0.2) is 4.96 Å². The molecule has 0 N–H and O–H groups in total. The lowest BCUT2D eigenvalue weighted by Gasteiger charge is -2.11. The minimum atomic E-state index is -0.113. The second-order valence-electron chi connectivity index (χ2n) is 4.46. The summed E-state index contributed by atoms with van der Waals surface area (Å²) in [6.45, 7) is 2.11. The van der Waals surface area contributed by atoms with Gasteiger partial charge in [0.2, 0.25) is 0 Å². The molecule has 1 aromatic carbocycles. The number of halogens is 2. The van der Waals surface area contributed by atoms with Crippen molar-refractivity contribution in [2.24, 2.45) is 0 Å². The van der Waals surface area contributed by atoms with Crippen molar-refractivity contribution in [3.8, 4) is 5.75 Å². The highest BCUT2D eigenvalue weighted by molar-refractivity contribution is 9.10. The monoisotopic (exact) mass is 384 g/mol. The minimum Gasteiger partial charge on any atom is -0.485 e. The van der Waals surface area contributed by atoms with E-state index in [4.69, 9.17) is 16.3 Å². The van der Waals surface area contributed by atoms with Gasteiger partial charge in [-0.25, -0.2) is 4.98 Å². The molecule has 0 atom stereocenters. The summed E-state index contributed by atoms with van der Waals surface area (Å²) in [7, 11) is 0.